The molecule has 1 unspecified atom stereocenters. The van der Waals surface area contributed by atoms with Crippen LogP contribution in [0.25, 0.3) is 0 Å². The second-order valence-electron chi connectivity index (χ2n) is 4.49. The third-order valence-corrected chi connectivity index (χ3v) is 3.43. The average Bonchev–Trinajstić information content (AvgIpc) is 2.38. The van der Waals surface area contributed by atoms with Crippen LogP contribution in [0.5, 0.6) is 0 Å². The standard InChI is InChI=1S/C15H17BrN2/c16-14-3-1-2-13(10-14)11-15(17)5-4-12-6-8-18-9-7-12/h1-3,6-10,15H,4-5,11,17H2. The summed E-state index contributed by atoms with van der Waals surface area (Å²) < 4.78 is 1.11. The van der Waals surface area contributed by atoms with Crippen molar-refractivity contribution >= 4 is 15.9 Å². The van der Waals surface area contributed by atoms with Crippen LogP contribution >= 0.6 is 15.9 Å². The Hall–Kier alpha value is -1.19. The molecule has 0 aliphatic heterocycles. The van der Waals surface area contributed by atoms with E-state index in [0.29, 0.717) is 0 Å². The number of hydrogen-bond donors (Lipinski definition) is 1. The predicted molar refractivity (Wildman–Crippen MR) is 78.4 cm³/mol. The molecule has 0 radical (unpaired) electrons. The highest BCUT2D eigenvalue weighted by molar-refractivity contribution is 9.10. The number of aromatic nitrogens is 1. The molecule has 2 N–H and O–H groups in total. The van der Waals surface area contributed by atoms with Gasteiger partial charge in [-0.05, 0) is 54.7 Å². The molecule has 1 heterocycles. The van der Waals surface area contributed by atoms with Gasteiger partial charge in [0.15, 0.2) is 0 Å². The third kappa shape index (κ3) is 4.24. The minimum absolute atomic E-state index is 0.201. The van der Waals surface area contributed by atoms with E-state index in [0.717, 1.165) is 23.7 Å². The largest absolute Gasteiger partial charge is 0.327 e. The van der Waals surface area contributed by atoms with Crippen LogP contribution in [-0.4, -0.2) is 11.0 Å². The fraction of sp³-hybridized carbons (Fsp3) is 0.267. The highest BCUT2D eigenvalue weighted by Crippen LogP contribution is 2.14. The maximum Gasteiger partial charge on any atom is 0.0270 e. The lowest BCUT2D eigenvalue weighted by atomic mass is 10.0. The molecule has 2 rings (SSSR count). The molecular formula is C15H17BrN2. The number of halogens is 1. The van der Waals surface area contributed by atoms with E-state index in [1.165, 1.54) is 11.1 Å². The summed E-state index contributed by atoms with van der Waals surface area (Å²) in [6, 6.07) is 12.6. The van der Waals surface area contributed by atoms with Crippen molar-refractivity contribution < 1.29 is 0 Å². The van der Waals surface area contributed by atoms with Gasteiger partial charge in [0.05, 0.1) is 0 Å². The average molecular weight is 305 g/mol. The van der Waals surface area contributed by atoms with Gasteiger partial charge in [-0.15, -0.1) is 0 Å². The minimum Gasteiger partial charge on any atom is -0.327 e. The van der Waals surface area contributed by atoms with Crippen molar-refractivity contribution in [2.45, 2.75) is 25.3 Å². The van der Waals surface area contributed by atoms with E-state index in [1.807, 2.05) is 30.6 Å². The highest BCUT2D eigenvalue weighted by atomic mass is 79.9. The first-order chi connectivity index (χ1) is 8.74. The van der Waals surface area contributed by atoms with Crippen molar-refractivity contribution in [3.63, 3.8) is 0 Å². The molecule has 0 saturated heterocycles. The molecule has 3 heteroatoms. The molecule has 0 aliphatic rings. The maximum atomic E-state index is 6.17. The zero-order valence-corrected chi connectivity index (χ0v) is 11.8. The molecular weight excluding hydrogens is 288 g/mol. The topological polar surface area (TPSA) is 38.9 Å². The molecule has 0 fully saturated rings. The fourth-order valence-electron chi connectivity index (χ4n) is 1.97. The van der Waals surface area contributed by atoms with Crippen molar-refractivity contribution in [3.05, 3.63) is 64.4 Å². The van der Waals surface area contributed by atoms with Crippen LogP contribution in [-0.2, 0) is 12.8 Å². The van der Waals surface area contributed by atoms with E-state index in [2.05, 4.69) is 39.1 Å². The second-order valence-corrected chi connectivity index (χ2v) is 5.40. The Morgan fingerprint density at radius 3 is 2.61 bits per heavy atom. The molecule has 2 nitrogen and oxygen atoms in total. The zero-order chi connectivity index (χ0) is 12.8. The van der Waals surface area contributed by atoms with Crippen molar-refractivity contribution in [2.75, 3.05) is 0 Å². The maximum absolute atomic E-state index is 6.17. The van der Waals surface area contributed by atoms with Gasteiger partial charge in [-0.2, -0.15) is 0 Å². The summed E-state index contributed by atoms with van der Waals surface area (Å²) in [6.45, 7) is 0. The molecule has 1 atom stereocenters. The lowest BCUT2D eigenvalue weighted by Gasteiger charge is -2.11. The number of hydrogen-bond acceptors (Lipinski definition) is 2. The lowest BCUT2D eigenvalue weighted by molar-refractivity contribution is 0.610. The Labute approximate surface area is 116 Å². The Balaban J connectivity index is 1.84. The van der Waals surface area contributed by atoms with Crippen LogP contribution in [0.4, 0.5) is 0 Å². The van der Waals surface area contributed by atoms with Gasteiger partial charge < -0.3 is 5.73 Å². The van der Waals surface area contributed by atoms with Gasteiger partial charge in [0.25, 0.3) is 0 Å². The van der Waals surface area contributed by atoms with Crippen LogP contribution < -0.4 is 5.73 Å². The highest BCUT2D eigenvalue weighted by Gasteiger charge is 2.05. The van der Waals surface area contributed by atoms with E-state index < -0.39 is 0 Å². The van der Waals surface area contributed by atoms with Gasteiger partial charge in [-0.3, -0.25) is 4.98 Å². The first kappa shape index (κ1) is 13.2. The quantitative estimate of drug-likeness (QED) is 0.920. The smallest absolute Gasteiger partial charge is 0.0270 e. The number of nitrogens with two attached hydrogens (primary N) is 1. The van der Waals surface area contributed by atoms with Gasteiger partial charge in [0.2, 0.25) is 0 Å². The molecule has 0 bridgehead atoms. The molecule has 0 saturated carbocycles. The molecule has 0 amide bonds. The number of rotatable bonds is 5. The van der Waals surface area contributed by atoms with Crippen LogP contribution in [0.2, 0.25) is 0 Å². The van der Waals surface area contributed by atoms with Crippen molar-refractivity contribution in [1.29, 1.82) is 0 Å². The summed E-state index contributed by atoms with van der Waals surface area (Å²) in [4.78, 5) is 4.01. The summed E-state index contributed by atoms with van der Waals surface area (Å²) in [5.41, 5.74) is 8.76. The van der Waals surface area contributed by atoms with Gasteiger partial charge in [0, 0.05) is 22.9 Å². The SMILES string of the molecule is NC(CCc1ccncc1)Cc1cccc(Br)c1. The Morgan fingerprint density at radius 2 is 1.89 bits per heavy atom. The van der Waals surface area contributed by atoms with Crippen LogP contribution in [0.3, 0.4) is 0 Å². The molecule has 0 aliphatic carbocycles. The van der Waals surface area contributed by atoms with Gasteiger partial charge >= 0.3 is 0 Å². The summed E-state index contributed by atoms with van der Waals surface area (Å²) >= 11 is 3.48. The predicted octanol–water partition coefficient (Wildman–Crippen LogP) is 3.35. The van der Waals surface area contributed by atoms with Crippen LogP contribution in [0.15, 0.2) is 53.3 Å². The van der Waals surface area contributed by atoms with Gasteiger partial charge in [-0.25, -0.2) is 0 Å². The Bertz CT molecular complexity index is 485. The summed E-state index contributed by atoms with van der Waals surface area (Å²) in [7, 11) is 0. The summed E-state index contributed by atoms with van der Waals surface area (Å²) in [5.74, 6) is 0. The van der Waals surface area contributed by atoms with E-state index >= 15 is 0 Å². The lowest BCUT2D eigenvalue weighted by Crippen LogP contribution is -2.23. The van der Waals surface area contributed by atoms with Gasteiger partial charge in [-0.1, -0.05) is 28.1 Å². The number of nitrogens with zero attached hydrogens (tertiary/aromatic N) is 1. The molecule has 1 aromatic heterocycles. The molecule has 1 aromatic carbocycles. The van der Waals surface area contributed by atoms with Crippen molar-refractivity contribution in [3.8, 4) is 0 Å². The Morgan fingerprint density at radius 1 is 1.11 bits per heavy atom. The van der Waals surface area contributed by atoms with Crippen LogP contribution in [0.1, 0.15) is 17.5 Å². The first-order valence-electron chi connectivity index (χ1n) is 6.13. The summed E-state index contributed by atoms with van der Waals surface area (Å²) in [5, 5.41) is 0. The van der Waals surface area contributed by atoms with E-state index in [1.54, 1.807) is 0 Å². The van der Waals surface area contributed by atoms with E-state index in [4.69, 9.17) is 5.73 Å². The number of benzene rings is 1. The molecule has 2 aromatic rings. The van der Waals surface area contributed by atoms with E-state index in [-0.39, 0.29) is 6.04 Å². The third-order valence-electron chi connectivity index (χ3n) is 2.94. The zero-order valence-electron chi connectivity index (χ0n) is 10.2. The number of pyridine rings is 1. The van der Waals surface area contributed by atoms with E-state index in [9.17, 15) is 0 Å². The van der Waals surface area contributed by atoms with Crippen molar-refractivity contribution in [1.82, 2.24) is 4.98 Å². The monoisotopic (exact) mass is 304 g/mol. The second kappa shape index (κ2) is 6.66. The first-order valence-corrected chi connectivity index (χ1v) is 6.92. The van der Waals surface area contributed by atoms with Crippen LogP contribution in [0, 0.1) is 0 Å². The fourth-order valence-corrected chi connectivity index (χ4v) is 2.42. The minimum atomic E-state index is 0.201. The normalized spacial score (nSPS) is 12.3. The molecule has 0 spiro atoms. The van der Waals surface area contributed by atoms with Gasteiger partial charge in [0.1, 0.15) is 0 Å². The van der Waals surface area contributed by atoms with Crippen molar-refractivity contribution in [2.24, 2.45) is 5.73 Å². The Kier molecular flexibility index (Phi) is 4.90. The summed E-state index contributed by atoms with van der Waals surface area (Å²) in [6.07, 6.45) is 6.59. The number of aryl methyl sites for hydroxylation is 1. The molecule has 18 heavy (non-hydrogen) atoms. The molecule has 94 valence electrons.